The number of hydrogen-bond acceptors (Lipinski definition) is 17. The lowest BCUT2D eigenvalue weighted by molar-refractivity contribution is -0.757. The van der Waals surface area contributed by atoms with Crippen molar-refractivity contribution < 1.29 is 77.1 Å². The Morgan fingerprint density at radius 2 is 1.62 bits per heavy atom. The van der Waals surface area contributed by atoms with Crippen LogP contribution in [0.2, 0.25) is 0 Å². The molecule has 9 atom stereocenters. The van der Waals surface area contributed by atoms with Crippen molar-refractivity contribution in [1.82, 2.24) is 5.32 Å². The maximum absolute atomic E-state index is 17.9. The van der Waals surface area contributed by atoms with E-state index in [0.29, 0.717) is 11.1 Å². The summed E-state index contributed by atoms with van der Waals surface area (Å²) in [4.78, 5) is 107. The van der Waals surface area contributed by atoms with Crippen molar-refractivity contribution in [2.45, 2.75) is 109 Å². The molecule has 4 aliphatic rings. The molecule has 0 aliphatic heterocycles. The van der Waals surface area contributed by atoms with Gasteiger partial charge in [-0.25, -0.2) is 14.0 Å². The molecule has 21 heteroatoms. The smallest absolute Gasteiger partial charge is 0.464 e. The number of allylic oxidation sites excluding steroid dienone is 4. The van der Waals surface area contributed by atoms with Gasteiger partial charge in [-0.3, -0.25) is 19.2 Å². The van der Waals surface area contributed by atoms with Gasteiger partial charge >= 0.3 is 18.1 Å². The van der Waals surface area contributed by atoms with Gasteiger partial charge in [0.2, 0.25) is 11.7 Å². The van der Waals surface area contributed by atoms with Crippen molar-refractivity contribution in [1.29, 1.82) is 0 Å². The fourth-order valence-corrected chi connectivity index (χ4v) is 10.2. The van der Waals surface area contributed by atoms with E-state index in [1.807, 2.05) is 6.08 Å². The van der Waals surface area contributed by atoms with Crippen LogP contribution in [0.25, 0.3) is 0 Å². The third-order valence-electron chi connectivity index (χ3n) is 13.1. The lowest BCUT2D eigenvalue weighted by Crippen LogP contribution is -2.69. The molecule has 2 unspecified atom stereocenters. The molecule has 0 radical (unpaired) electrons. The summed E-state index contributed by atoms with van der Waals surface area (Å²) >= 11 is 0. The number of amides is 1. The Hall–Kier alpha value is -5.99. The predicted octanol–water partition coefficient (Wildman–Crippen LogP) is 4.24. The quantitative estimate of drug-likeness (QED) is 0.0352. The van der Waals surface area contributed by atoms with Crippen LogP contribution in [0, 0.1) is 48.8 Å². The number of ether oxygens (including phenoxy) is 4. The number of nitrogens with one attached hydrogen (secondary N) is 1. The molecule has 344 valence electrons. The summed E-state index contributed by atoms with van der Waals surface area (Å²) in [6, 6.07) is 4.65. The van der Waals surface area contributed by atoms with E-state index < -0.39 is 112 Å². The Kier molecular flexibility index (Phi) is 14.9. The summed E-state index contributed by atoms with van der Waals surface area (Å²) in [6.45, 7) is 4.51. The third-order valence-corrected chi connectivity index (χ3v) is 13.1. The topological polar surface area (TPSA) is 276 Å². The van der Waals surface area contributed by atoms with Crippen LogP contribution < -0.4 is 10.1 Å². The van der Waals surface area contributed by atoms with E-state index in [0.717, 1.165) is 0 Å². The number of aliphatic hydroxyl groups excluding tert-OH is 1. The molecule has 2 fully saturated rings. The molecular formula is C42H52FN3O17. The van der Waals surface area contributed by atoms with E-state index in [9.17, 15) is 54.1 Å². The second-order valence-electron chi connectivity index (χ2n) is 16.9. The molecule has 0 saturated heterocycles. The molecule has 0 spiro atoms. The van der Waals surface area contributed by atoms with Gasteiger partial charge in [0.15, 0.2) is 23.7 Å². The molecule has 0 aromatic heterocycles. The van der Waals surface area contributed by atoms with E-state index in [1.165, 1.54) is 43.3 Å². The SMILES string of the molecule is CC(=O)N[C@@H](Cc1ccc(OC(=O)OCC(=O)[C@@]2(OC(=O)CCCO[N+](=O)[O-])[C@H](C)CC3C4CC=C5CC(=O)C=C[C@]5(C)[C@@]4(F)[C@@H](O)C[C@@]32C)cc1)C(=O)OCCCCO[N+](=O)[O-]. The van der Waals surface area contributed by atoms with Gasteiger partial charge in [-0.05, 0) is 75.1 Å². The zero-order valence-corrected chi connectivity index (χ0v) is 35.4. The Morgan fingerprint density at radius 3 is 2.27 bits per heavy atom. The molecule has 4 aliphatic carbocycles. The molecule has 20 nitrogen and oxygen atoms in total. The van der Waals surface area contributed by atoms with Gasteiger partial charge in [-0.2, -0.15) is 0 Å². The van der Waals surface area contributed by atoms with Gasteiger partial charge in [0, 0.05) is 48.9 Å². The monoisotopic (exact) mass is 889 g/mol. The van der Waals surface area contributed by atoms with Gasteiger partial charge in [0.1, 0.15) is 11.8 Å². The van der Waals surface area contributed by atoms with Gasteiger partial charge in [-0.1, -0.05) is 43.7 Å². The van der Waals surface area contributed by atoms with Gasteiger partial charge in [0.25, 0.3) is 10.2 Å². The molecule has 2 saturated carbocycles. The van der Waals surface area contributed by atoms with Crippen LogP contribution in [-0.4, -0.2) is 101 Å². The maximum atomic E-state index is 17.9. The lowest BCUT2D eigenvalue weighted by Gasteiger charge is -2.62. The Labute approximate surface area is 361 Å². The number of rotatable bonds is 20. The van der Waals surface area contributed by atoms with Crippen LogP contribution >= 0.6 is 0 Å². The molecule has 1 amide bonds. The number of fused-ring (bicyclic) bond motifs is 5. The Bertz CT molecular complexity index is 2030. The number of aliphatic hydroxyl groups is 1. The van der Waals surface area contributed by atoms with Crippen LogP contribution in [0.15, 0.2) is 48.1 Å². The molecule has 0 heterocycles. The minimum atomic E-state index is -2.26. The highest BCUT2D eigenvalue weighted by Crippen LogP contribution is 2.71. The highest BCUT2D eigenvalue weighted by Gasteiger charge is 2.77. The van der Waals surface area contributed by atoms with Crippen molar-refractivity contribution in [2.24, 2.45) is 28.6 Å². The summed E-state index contributed by atoms with van der Waals surface area (Å²) in [6.07, 6.45) is 1.55. The number of nitrogens with zero attached hydrogens (tertiary/aromatic N) is 2. The van der Waals surface area contributed by atoms with Crippen molar-refractivity contribution in [2.75, 3.05) is 26.4 Å². The van der Waals surface area contributed by atoms with Crippen molar-refractivity contribution >= 4 is 35.6 Å². The number of Topliss-reactive ketones (excluding diaryl/α,β-unsaturated/α-hetero) is 1. The van der Waals surface area contributed by atoms with Crippen LogP contribution in [0.4, 0.5) is 9.18 Å². The minimum Gasteiger partial charge on any atom is -0.464 e. The van der Waals surface area contributed by atoms with E-state index in [4.69, 9.17) is 18.9 Å². The Morgan fingerprint density at radius 1 is 0.968 bits per heavy atom. The summed E-state index contributed by atoms with van der Waals surface area (Å²) in [5, 5.41) is 33.4. The highest BCUT2D eigenvalue weighted by atomic mass is 19.1. The zero-order chi connectivity index (χ0) is 46.3. The third kappa shape index (κ3) is 9.97. The second-order valence-corrected chi connectivity index (χ2v) is 16.9. The molecular weight excluding hydrogens is 837 g/mol. The van der Waals surface area contributed by atoms with E-state index in [-0.39, 0.29) is 76.1 Å². The fourth-order valence-electron chi connectivity index (χ4n) is 10.2. The molecule has 2 N–H and O–H groups in total. The van der Waals surface area contributed by atoms with Crippen LogP contribution in [0.3, 0.4) is 0 Å². The number of esters is 2. The number of halogens is 1. The van der Waals surface area contributed by atoms with E-state index >= 15 is 4.39 Å². The first-order valence-corrected chi connectivity index (χ1v) is 20.6. The summed E-state index contributed by atoms with van der Waals surface area (Å²) in [5.41, 5.74) is -6.00. The number of carbonyl (C=O) groups excluding carboxylic acids is 6. The average Bonchev–Trinajstić information content (AvgIpc) is 3.42. The molecule has 63 heavy (non-hydrogen) atoms. The number of alkyl halides is 1. The summed E-state index contributed by atoms with van der Waals surface area (Å²) < 4.78 is 39.7. The number of unbranched alkanes of at least 4 members (excludes halogenated alkanes) is 1. The van der Waals surface area contributed by atoms with Gasteiger partial charge < -0.3 is 39.0 Å². The molecule has 1 aromatic carbocycles. The average molecular weight is 890 g/mol. The fraction of sp³-hybridized carbons (Fsp3) is 0.619. The van der Waals surface area contributed by atoms with Gasteiger partial charge in [0.05, 0.1) is 25.9 Å². The van der Waals surface area contributed by atoms with Crippen molar-refractivity contribution in [3.63, 3.8) is 0 Å². The van der Waals surface area contributed by atoms with Crippen LogP contribution in [0.1, 0.15) is 84.6 Å². The standard InChI is InChI=1S/C42H52FN3O17/c1-25-20-32-31-14-11-28-22-29(48)15-16-39(28,3)41(31,43)34(49)23-40(32,4)42(25,63-36(51)8-7-19-61-46(56)57)35(50)24-59-38(53)62-30-12-9-27(10-13-30)21-33(44-26(2)47)37(52)58-17-5-6-18-60-45(54)55/h9-13,15-16,25,31-34,49H,5-8,14,17-24H2,1-4H3,(H,44,47)/t25-,31?,32?,33+,34+,39+,40+,41+,42+/m1/s1. The number of carbonyl (C=O) groups is 6. The van der Waals surface area contributed by atoms with Gasteiger partial charge in [-0.15, -0.1) is 20.2 Å². The Balaban J connectivity index is 1.29. The number of ketones is 2. The first-order valence-electron chi connectivity index (χ1n) is 20.6. The van der Waals surface area contributed by atoms with Crippen LogP contribution in [-0.2, 0) is 54.3 Å². The molecule has 1 aromatic rings. The molecule has 5 rings (SSSR count). The van der Waals surface area contributed by atoms with E-state index in [1.54, 1.807) is 20.8 Å². The molecule has 0 bridgehead atoms. The minimum absolute atomic E-state index is 0.0000822. The zero-order valence-electron chi connectivity index (χ0n) is 35.4. The van der Waals surface area contributed by atoms with Crippen molar-refractivity contribution in [3.8, 4) is 5.75 Å². The largest absolute Gasteiger partial charge is 0.514 e. The maximum Gasteiger partial charge on any atom is 0.514 e. The number of hydrogen-bond donors (Lipinski definition) is 2. The normalized spacial score (nSPS) is 29.6. The van der Waals surface area contributed by atoms with Crippen LogP contribution in [0.5, 0.6) is 5.75 Å². The number of benzene rings is 1. The highest BCUT2D eigenvalue weighted by molar-refractivity contribution is 5.94. The lowest BCUT2D eigenvalue weighted by atomic mass is 9.45. The first-order chi connectivity index (χ1) is 29.7. The van der Waals surface area contributed by atoms with Crippen molar-refractivity contribution in [3.05, 3.63) is 73.9 Å². The predicted molar refractivity (Wildman–Crippen MR) is 212 cm³/mol. The second kappa shape index (κ2) is 19.6. The summed E-state index contributed by atoms with van der Waals surface area (Å²) in [7, 11) is 0. The van der Waals surface area contributed by atoms with E-state index in [2.05, 4.69) is 15.0 Å². The first kappa shape index (κ1) is 48.0. The summed E-state index contributed by atoms with van der Waals surface area (Å²) in [5.74, 6) is -5.59.